The van der Waals surface area contributed by atoms with Crippen LogP contribution in [0.4, 0.5) is 0 Å². The Labute approximate surface area is 158 Å². The smallest absolute Gasteiger partial charge is 0.169 e. The third-order valence-corrected chi connectivity index (χ3v) is 5.14. The molecule has 0 aliphatic heterocycles. The summed E-state index contributed by atoms with van der Waals surface area (Å²) in [6, 6.07) is 12.5. The van der Waals surface area contributed by atoms with E-state index in [0.717, 1.165) is 40.2 Å². The summed E-state index contributed by atoms with van der Waals surface area (Å²) in [5, 5.41) is 0. The van der Waals surface area contributed by atoms with Gasteiger partial charge < -0.3 is 14.2 Å². The highest BCUT2D eigenvalue weighted by Crippen LogP contribution is 2.46. The average molecular weight is 369 g/mol. The summed E-state index contributed by atoms with van der Waals surface area (Å²) < 4.78 is 21.0. The lowest BCUT2D eigenvalue weighted by atomic mass is 10.00. The van der Waals surface area contributed by atoms with E-state index in [1.54, 1.807) is 21.3 Å². The summed E-state index contributed by atoms with van der Waals surface area (Å²) in [7, 11) is 4.92. The Balaban J connectivity index is 2.11. The molecule has 0 amide bonds. The first-order valence-corrected chi connectivity index (χ1v) is 9.33. The van der Waals surface area contributed by atoms with E-state index < -0.39 is 0 Å². The highest BCUT2D eigenvalue weighted by atomic mass is 32.1. The third kappa shape index (κ3) is 3.53. The lowest BCUT2D eigenvalue weighted by Gasteiger charge is -2.15. The van der Waals surface area contributed by atoms with Gasteiger partial charge in [-0.25, -0.2) is 0 Å². The molecule has 0 radical (unpaired) electrons. The van der Waals surface area contributed by atoms with E-state index in [9.17, 15) is 0 Å². The standard InChI is InChI=1S/C21H23NO3S/c1-5-6-14-7-9-15(10-8-14)18-13-22-26-21(18)17-11-16(23-2)12-19(24-3)20(17)25-4/h7-13H,5-6H2,1-4H3. The van der Waals surface area contributed by atoms with Gasteiger partial charge in [0.1, 0.15) is 5.75 Å². The zero-order chi connectivity index (χ0) is 18.5. The van der Waals surface area contributed by atoms with Gasteiger partial charge in [-0.15, -0.1) is 0 Å². The zero-order valence-corrected chi connectivity index (χ0v) is 16.4. The van der Waals surface area contributed by atoms with Crippen molar-refractivity contribution < 1.29 is 14.2 Å². The van der Waals surface area contributed by atoms with E-state index in [2.05, 4.69) is 35.6 Å². The third-order valence-electron chi connectivity index (χ3n) is 4.31. The van der Waals surface area contributed by atoms with Gasteiger partial charge >= 0.3 is 0 Å². The molecule has 0 saturated carbocycles. The maximum Gasteiger partial charge on any atom is 0.169 e. The molecular formula is C21H23NO3S. The molecule has 26 heavy (non-hydrogen) atoms. The second-order valence-electron chi connectivity index (χ2n) is 5.93. The molecule has 0 fully saturated rings. The van der Waals surface area contributed by atoms with Crippen LogP contribution in [0, 0.1) is 0 Å². The lowest BCUT2D eigenvalue weighted by Crippen LogP contribution is -1.95. The fourth-order valence-electron chi connectivity index (χ4n) is 3.00. The summed E-state index contributed by atoms with van der Waals surface area (Å²) in [5.74, 6) is 2.04. The molecule has 1 heterocycles. The molecular weight excluding hydrogens is 346 g/mol. The van der Waals surface area contributed by atoms with Crippen LogP contribution in [-0.4, -0.2) is 25.7 Å². The summed E-state index contributed by atoms with van der Waals surface area (Å²) in [6.45, 7) is 2.19. The highest BCUT2D eigenvalue weighted by molar-refractivity contribution is 7.10. The monoisotopic (exact) mass is 369 g/mol. The Hall–Kier alpha value is -2.53. The molecule has 0 aliphatic rings. The minimum atomic E-state index is 0.638. The van der Waals surface area contributed by atoms with E-state index in [0.29, 0.717) is 11.5 Å². The van der Waals surface area contributed by atoms with E-state index >= 15 is 0 Å². The first kappa shape index (κ1) is 18.3. The maximum atomic E-state index is 5.63. The van der Waals surface area contributed by atoms with Gasteiger partial charge in [-0.05, 0) is 35.1 Å². The molecule has 1 aromatic heterocycles. The van der Waals surface area contributed by atoms with Crippen molar-refractivity contribution in [2.24, 2.45) is 0 Å². The Bertz CT molecular complexity index is 871. The summed E-state index contributed by atoms with van der Waals surface area (Å²) in [6.07, 6.45) is 4.14. The molecule has 3 aromatic rings. The van der Waals surface area contributed by atoms with Crippen LogP contribution < -0.4 is 14.2 Å². The van der Waals surface area contributed by atoms with Gasteiger partial charge in [0.15, 0.2) is 11.5 Å². The Morgan fingerprint density at radius 3 is 2.31 bits per heavy atom. The number of methoxy groups -OCH3 is 3. The number of nitrogens with zero attached hydrogens (tertiary/aromatic N) is 1. The number of rotatable bonds is 7. The normalized spacial score (nSPS) is 10.6. The predicted molar refractivity (Wildman–Crippen MR) is 107 cm³/mol. The topological polar surface area (TPSA) is 40.6 Å². The lowest BCUT2D eigenvalue weighted by molar-refractivity contribution is 0.350. The number of hydrogen-bond acceptors (Lipinski definition) is 5. The highest BCUT2D eigenvalue weighted by Gasteiger charge is 2.19. The van der Waals surface area contributed by atoms with Crippen molar-refractivity contribution in [2.45, 2.75) is 19.8 Å². The van der Waals surface area contributed by atoms with Crippen LogP contribution >= 0.6 is 11.5 Å². The zero-order valence-electron chi connectivity index (χ0n) is 15.5. The fraction of sp³-hybridized carbons (Fsp3) is 0.286. The number of benzene rings is 2. The Morgan fingerprint density at radius 2 is 1.69 bits per heavy atom. The summed E-state index contributed by atoms with van der Waals surface area (Å²) >= 11 is 1.44. The van der Waals surface area contributed by atoms with E-state index in [-0.39, 0.29) is 0 Å². The number of ether oxygens (including phenoxy) is 3. The van der Waals surface area contributed by atoms with Gasteiger partial charge in [-0.3, -0.25) is 0 Å². The second-order valence-corrected chi connectivity index (χ2v) is 6.73. The molecule has 2 aromatic carbocycles. The van der Waals surface area contributed by atoms with Gasteiger partial charge in [0.2, 0.25) is 0 Å². The minimum absolute atomic E-state index is 0.638. The molecule has 0 atom stereocenters. The molecule has 3 rings (SSSR count). The van der Waals surface area contributed by atoms with Crippen LogP contribution in [0.5, 0.6) is 17.2 Å². The first-order chi connectivity index (χ1) is 12.7. The average Bonchev–Trinajstić information content (AvgIpc) is 3.17. The van der Waals surface area contributed by atoms with Crippen molar-refractivity contribution >= 4 is 11.5 Å². The van der Waals surface area contributed by atoms with E-state index in [4.69, 9.17) is 14.2 Å². The number of aromatic nitrogens is 1. The fourth-order valence-corrected chi connectivity index (χ4v) is 3.79. The van der Waals surface area contributed by atoms with Crippen molar-refractivity contribution in [1.82, 2.24) is 4.37 Å². The van der Waals surface area contributed by atoms with Crippen molar-refractivity contribution in [3.63, 3.8) is 0 Å². The van der Waals surface area contributed by atoms with Crippen LogP contribution in [0.3, 0.4) is 0 Å². The Morgan fingerprint density at radius 1 is 0.923 bits per heavy atom. The van der Waals surface area contributed by atoms with Gasteiger partial charge in [0, 0.05) is 23.4 Å². The molecule has 0 bridgehead atoms. The summed E-state index contributed by atoms with van der Waals surface area (Å²) in [5.41, 5.74) is 4.48. The molecule has 0 saturated heterocycles. The minimum Gasteiger partial charge on any atom is -0.497 e. The maximum absolute atomic E-state index is 5.63. The summed E-state index contributed by atoms with van der Waals surface area (Å²) in [4.78, 5) is 1.03. The molecule has 0 N–H and O–H groups in total. The van der Waals surface area contributed by atoms with Gasteiger partial charge in [-0.2, -0.15) is 4.37 Å². The Kier molecular flexibility index (Phi) is 5.78. The van der Waals surface area contributed by atoms with E-state index in [1.165, 1.54) is 17.1 Å². The van der Waals surface area contributed by atoms with Crippen molar-refractivity contribution in [3.8, 4) is 38.8 Å². The molecule has 0 unspecified atom stereocenters. The van der Waals surface area contributed by atoms with Crippen molar-refractivity contribution in [3.05, 3.63) is 48.2 Å². The predicted octanol–water partition coefficient (Wildman–Crippen LogP) is 5.46. The van der Waals surface area contributed by atoms with Crippen LogP contribution in [0.25, 0.3) is 21.6 Å². The van der Waals surface area contributed by atoms with Crippen LogP contribution in [0.1, 0.15) is 18.9 Å². The van der Waals surface area contributed by atoms with Crippen LogP contribution in [0.2, 0.25) is 0 Å². The quantitative estimate of drug-likeness (QED) is 0.555. The molecule has 5 heteroatoms. The number of aryl methyl sites for hydroxylation is 1. The molecule has 4 nitrogen and oxygen atoms in total. The van der Waals surface area contributed by atoms with Crippen LogP contribution in [0.15, 0.2) is 42.6 Å². The first-order valence-electron chi connectivity index (χ1n) is 8.56. The van der Waals surface area contributed by atoms with E-state index in [1.807, 2.05) is 18.3 Å². The SMILES string of the molecule is CCCc1ccc(-c2cnsc2-c2cc(OC)cc(OC)c2OC)cc1. The molecule has 0 aliphatic carbocycles. The second kappa shape index (κ2) is 8.23. The van der Waals surface area contributed by atoms with Crippen molar-refractivity contribution in [1.29, 1.82) is 0 Å². The molecule has 136 valence electrons. The number of hydrogen-bond donors (Lipinski definition) is 0. The van der Waals surface area contributed by atoms with Crippen LogP contribution in [-0.2, 0) is 6.42 Å². The van der Waals surface area contributed by atoms with Gasteiger partial charge in [0.25, 0.3) is 0 Å². The van der Waals surface area contributed by atoms with Crippen molar-refractivity contribution in [2.75, 3.05) is 21.3 Å². The van der Waals surface area contributed by atoms with Gasteiger partial charge in [-0.1, -0.05) is 37.6 Å². The molecule has 0 spiro atoms. The largest absolute Gasteiger partial charge is 0.497 e. The van der Waals surface area contributed by atoms with Gasteiger partial charge in [0.05, 0.1) is 26.2 Å².